The smallest absolute Gasteiger partial charge is 0.133 e. The van der Waals surface area contributed by atoms with Crippen molar-refractivity contribution in [3.63, 3.8) is 0 Å². The van der Waals surface area contributed by atoms with Gasteiger partial charge in [0.1, 0.15) is 5.78 Å². The van der Waals surface area contributed by atoms with Crippen LogP contribution in [0.25, 0.3) is 0 Å². The minimum absolute atomic E-state index is 0.384. The Kier molecular flexibility index (Phi) is 2.49. The molecule has 0 spiro atoms. The lowest BCUT2D eigenvalue weighted by molar-refractivity contribution is -0.121. The lowest BCUT2D eigenvalue weighted by Crippen LogP contribution is -2.13. The molecule has 1 fully saturated rings. The van der Waals surface area contributed by atoms with Gasteiger partial charge < -0.3 is 5.73 Å². The van der Waals surface area contributed by atoms with Crippen molar-refractivity contribution in [2.75, 3.05) is 0 Å². The summed E-state index contributed by atoms with van der Waals surface area (Å²) in [6.07, 6.45) is 7.11. The van der Waals surface area contributed by atoms with Gasteiger partial charge in [0, 0.05) is 12.8 Å². The Labute approximate surface area is 61.1 Å². The zero-order valence-corrected chi connectivity index (χ0v) is 6.05. The highest BCUT2D eigenvalue weighted by Crippen LogP contribution is 2.21. The molecule has 0 aliphatic heterocycles. The fourth-order valence-corrected chi connectivity index (χ4v) is 1.38. The van der Waals surface area contributed by atoms with Crippen molar-refractivity contribution in [2.45, 2.75) is 25.7 Å². The Morgan fingerprint density at radius 1 is 1.60 bits per heavy atom. The van der Waals surface area contributed by atoms with Crippen molar-refractivity contribution >= 4 is 5.78 Å². The van der Waals surface area contributed by atoms with Crippen LogP contribution in [0.15, 0.2) is 12.3 Å². The number of allylic oxidation sites excluding steroid dienone is 1. The van der Waals surface area contributed by atoms with E-state index in [0.717, 1.165) is 19.3 Å². The second-order valence-corrected chi connectivity index (χ2v) is 2.78. The van der Waals surface area contributed by atoms with Gasteiger partial charge in [-0.25, -0.2) is 0 Å². The van der Waals surface area contributed by atoms with Crippen LogP contribution in [-0.4, -0.2) is 5.78 Å². The highest BCUT2D eigenvalue weighted by molar-refractivity contribution is 5.79. The third-order valence-electron chi connectivity index (χ3n) is 1.90. The second-order valence-electron chi connectivity index (χ2n) is 2.78. The number of ketones is 1. The number of carbonyl (C=O) groups excluding carboxylic acids is 1. The molecule has 0 aromatic rings. The van der Waals surface area contributed by atoms with Gasteiger partial charge in [0.25, 0.3) is 0 Å². The monoisotopic (exact) mass is 139 g/mol. The molecule has 0 saturated heterocycles. The van der Waals surface area contributed by atoms with E-state index in [9.17, 15) is 4.79 Å². The molecular weight excluding hydrogens is 126 g/mol. The Morgan fingerprint density at radius 2 is 2.40 bits per heavy atom. The normalized spacial score (nSPS) is 27.6. The lowest BCUT2D eigenvalue weighted by atomic mass is 9.88. The van der Waals surface area contributed by atoms with E-state index in [1.807, 2.05) is 6.08 Å². The number of Topliss-reactive ketones (excluding diaryl/α,β-unsaturated/α-hetero) is 1. The van der Waals surface area contributed by atoms with Crippen molar-refractivity contribution in [1.82, 2.24) is 0 Å². The van der Waals surface area contributed by atoms with Crippen molar-refractivity contribution in [3.8, 4) is 0 Å². The fraction of sp³-hybridized carbons (Fsp3) is 0.625. The first-order chi connectivity index (χ1) is 4.83. The van der Waals surface area contributed by atoms with Gasteiger partial charge in [-0.15, -0.1) is 0 Å². The van der Waals surface area contributed by atoms with Gasteiger partial charge in [-0.3, -0.25) is 4.79 Å². The first-order valence-corrected chi connectivity index (χ1v) is 3.73. The molecule has 0 aromatic heterocycles. The van der Waals surface area contributed by atoms with E-state index in [4.69, 9.17) is 5.73 Å². The van der Waals surface area contributed by atoms with E-state index >= 15 is 0 Å². The molecule has 2 heteroatoms. The zero-order valence-electron chi connectivity index (χ0n) is 6.05. The summed E-state index contributed by atoms with van der Waals surface area (Å²) in [5.74, 6) is 0.806. The number of nitrogens with two attached hydrogens (primary N) is 1. The fourth-order valence-electron chi connectivity index (χ4n) is 1.38. The summed E-state index contributed by atoms with van der Waals surface area (Å²) in [5, 5.41) is 0. The van der Waals surface area contributed by atoms with E-state index in [2.05, 4.69) is 0 Å². The first-order valence-electron chi connectivity index (χ1n) is 3.73. The predicted molar refractivity (Wildman–Crippen MR) is 40.3 cm³/mol. The van der Waals surface area contributed by atoms with Crippen LogP contribution in [0.1, 0.15) is 25.7 Å². The molecule has 56 valence electrons. The summed E-state index contributed by atoms with van der Waals surface area (Å²) in [4.78, 5) is 10.9. The number of hydrogen-bond donors (Lipinski definition) is 1. The van der Waals surface area contributed by atoms with Gasteiger partial charge in [-0.05, 0) is 25.0 Å². The third kappa shape index (κ3) is 1.87. The van der Waals surface area contributed by atoms with Gasteiger partial charge >= 0.3 is 0 Å². The molecular formula is C8H13NO. The van der Waals surface area contributed by atoms with Crippen LogP contribution in [0.3, 0.4) is 0 Å². The molecule has 1 rings (SSSR count). The van der Waals surface area contributed by atoms with Crippen LogP contribution in [0.2, 0.25) is 0 Å². The van der Waals surface area contributed by atoms with Gasteiger partial charge in [-0.2, -0.15) is 0 Å². The van der Waals surface area contributed by atoms with Crippen LogP contribution in [0.4, 0.5) is 0 Å². The van der Waals surface area contributed by atoms with Gasteiger partial charge in [0.15, 0.2) is 0 Å². The van der Waals surface area contributed by atoms with Gasteiger partial charge in [-0.1, -0.05) is 6.08 Å². The molecule has 10 heavy (non-hydrogen) atoms. The highest BCUT2D eigenvalue weighted by Gasteiger charge is 2.16. The molecule has 0 radical (unpaired) electrons. The van der Waals surface area contributed by atoms with Crippen molar-refractivity contribution in [1.29, 1.82) is 0 Å². The topological polar surface area (TPSA) is 43.1 Å². The third-order valence-corrected chi connectivity index (χ3v) is 1.90. The van der Waals surface area contributed by atoms with Crippen LogP contribution in [0, 0.1) is 5.92 Å². The molecule has 1 atom stereocenters. The van der Waals surface area contributed by atoms with Crippen LogP contribution in [-0.2, 0) is 4.79 Å². The van der Waals surface area contributed by atoms with E-state index < -0.39 is 0 Å². The number of carbonyl (C=O) groups is 1. The lowest BCUT2D eigenvalue weighted by Gasteiger charge is -2.16. The summed E-state index contributed by atoms with van der Waals surface area (Å²) in [6.45, 7) is 0. The molecule has 0 heterocycles. The Bertz CT molecular complexity index is 151. The van der Waals surface area contributed by atoms with Gasteiger partial charge in [0.2, 0.25) is 0 Å². The molecule has 1 aliphatic rings. The average molecular weight is 139 g/mol. The number of rotatable bonds is 1. The SMILES string of the molecule is NC=CC1CCCC(=O)C1. The van der Waals surface area contributed by atoms with E-state index in [1.165, 1.54) is 0 Å². The average Bonchev–Trinajstić information content (AvgIpc) is 1.88. The maximum Gasteiger partial charge on any atom is 0.133 e. The largest absolute Gasteiger partial charge is 0.405 e. The second kappa shape index (κ2) is 3.40. The molecule has 1 saturated carbocycles. The van der Waals surface area contributed by atoms with E-state index in [1.54, 1.807) is 6.20 Å². The summed E-state index contributed by atoms with van der Waals surface area (Å²) >= 11 is 0. The molecule has 0 aromatic carbocycles. The van der Waals surface area contributed by atoms with Crippen LogP contribution in [0.5, 0.6) is 0 Å². The van der Waals surface area contributed by atoms with E-state index in [0.29, 0.717) is 18.1 Å². The van der Waals surface area contributed by atoms with Gasteiger partial charge in [0.05, 0.1) is 0 Å². The Morgan fingerprint density at radius 3 is 3.00 bits per heavy atom. The highest BCUT2D eigenvalue weighted by atomic mass is 16.1. The minimum atomic E-state index is 0.384. The maximum atomic E-state index is 10.9. The number of hydrogen-bond acceptors (Lipinski definition) is 2. The molecule has 2 nitrogen and oxygen atoms in total. The first kappa shape index (κ1) is 7.32. The van der Waals surface area contributed by atoms with Crippen LogP contribution >= 0.6 is 0 Å². The Hall–Kier alpha value is -0.790. The molecule has 2 N–H and O–H groups in total. The van der Waals surface area contributed by atoms with Crippen molar-refractivity contribution in [3.05, 3.63) is 12.3 Å². The molecule has 0 amide bonds. The maximum absolute atomic E-state index is 10.9. The summed E-state index contributed by atoms with van der Waals surface area (Å²) in [7, 11) is 0. The summed E-state index contributed by atoms with van der Waals surface area (Å²) in [5.41, 5.74) is 5.21. The zero-order chi connectivity index (χ0) is 7.40. The minimum Gasteiger partial charge on any atom is -0.405 e. The quantitative estimate of drug-likeness (QED) is 0.593. The molecule has 0 bridgehead atoms. The van der Waals surface area contributed by atoms with Crippen molar-refractivity contribution < 1.29 is 4.79 Å². The standard InChI is InChI=1S/C8H13NO/c9-5-4-7-2-1-3-8(10)6-7/h4-5,7H,1-3,6,9H2. The Balaban J connectivity index is 2.39. The summed E-state index contributed by atoms with van der Waals surface area (Å²) in [6, 6.07) is 0. The van der Waals surface area contributed by atoms with Crippen LogP contribution < -0.4 is 5.73 Å². The summed E-state index contributed by atoms with van der Waals surface area (Å²) < 4.78 is 0. The van der Waals surface area contributed by atoms with Crippen molar-refractivity contribution in [2.24, 2.45) is 11.7 Å². The predicted octanol–water partition coefficient (Wildman–Crippen LogP) is 1.22. The van der Waals surface area contributed by atoms with E-state index in [-0.39, 0.29) is 0 Å². The molecule has 1 unspecified atom stereocenters. The molecule has 1 aliphatic carbocycles.